The van der Waals surface area contributed by atoms with Crippen molar-refractivity contribution in [2.75, 3.05) is 12.9 Å². The predicted octanol–water partition coefficient (Wildman–Crippen LogP) is 4.66. The highest BCUT2D eigenvalue weighted by molar-refractivity contribution is 7.99. The zero-order valence-electron chi connectivity index (χ0n) is 19.9. The fraction of sp³-hybridized carbons (Fsp3) is 0.154. The Morgan fingerprint density at radius 1 is 1.17 bits per heavy atom. The number of carbonyl (C=O) groups is 1. The summed E-state index contributed by atoms with van der Waals surface area (Å²) in [5, 5.41) is 22.8. The summed E-state index contributed by atoms with van der Waals surface area (Å²) >= 11 is 7.38. The summed E-state index contributed by atoms with van der Waals surface area (Å²) in [6, 6.07) is 20.4. The van der Waals surface area contributed by atoms with E-state index in [0.29, 0.717) is 27.2 Å². The van der Waals surface area contributed by atoms with Gasteiger partial charge in [-0.05, 0) is 80.2 Å². The van der Waals surface area contributed by atoms with Gasteiger partial charge in [-0.2, -0.15) is 9.67 Å². The Bertz CT molecular complexity index is 1400. The first kappa shape index (κ1) is 25.3. The number of rotatable bonds is 8. The monoisotopic (exact) mass is 522 g/mol. The number of phenolic OH excluding ortho intramolecular Hbond substituents is 1. The van der Waals surface area contributed by atoms with Crippen LogP contribution >= 0.6 is 23.4 Å². The molecular weight excluding hydrogens is 498 g/mol. The van der Waals surface area contributed by atoms with Gasteiger partial charge in [-0.3, -0.25) is 4.79 Å². The minimum atomic E-state index is -0.285. The van der Waals surface area contributed by atoms with Gasteiger partial charge in [-0.15, -0.1) is 5.10 Å². The van der Waals surface area contributed by atoms with E-state index in [-0.39, 0.29) is 17.4 Å². The van der Waals surface area contributed by atoms with Crippen LogP contribution in [-0.4, -0.2) is 39.8 Å². The minimum absolute atomic E-state index is 0.0347. The topological polar surface area (TPSA) is 103 Å². The van der Waals surface area contributed by atoms with E-state index < -0.39 is 0 Å². The standard InChI is InChI=1S/C26H24ClN5O3S/c1-16-4-6-18(7-5-16)25-30-31-26(32(25)21-11-9-20(27)10-12-21)36-15-24(34)29-28-17(2)19-8-13-22(33)23(14-19)35-3/h4-14H,15H2,1-3H3,(H2,28,29,33,34)/p+1. The molecule has 184 valence electrons. The van der Waals surface area contributed by atoms with Crippen molar-refractivity contribution in [3.8, 4) is 28.6 Å². The summed E-state index contributed by atoms with van der Waals surface area (Å²) in [6.45, 7) is 3.79. The summed E-state index contributed by atoms with van der Waals surface area (Å²) in [6.07, 6.45) is 0. The lowest BCUT2D eigenvalue weighted by atomic mass is 10.1. The summed E-state index contributed by atoms with van der Waals surface area (Å²) < 4.78 is 7.08. The van der Waals surface area contributed by atoms with Gasteiger partial charge in [0.2, 0.25) is 0 Å². The quantitative estimate of drug-likeness (QED) is 0.135. The van der Waals surface area contributed by atoms with Crippen LogP contribution in [0.1, 0.15) is 18.1 Å². The third kappa shape index (κ3) is 5.87. The number of ether oxygens (including phenoxy) is 1. The highest BCUT2D eigenvalue weighted by Crippen LogP contribution is 2.26. The molecule has 36 heavy (non-hydrogen) atoms. The lowest BCUT2D eigenvalue weighted by molar-refractivity contribution is -0.625. The molecule has 1 aromatic heterocycles. The fourth-order valence-electron chi connectivity index (χ4n) is 3.40. The number of H-pyrrole nitrogens is 1. The van der Waals surface area contributed by atoms with Gasteiger partial charge in [0.05, 0.1) is 29.2 Å². The Hall–Kier alpha value is -3.82. The average Bonchev–Trinajstić information content (AvgIpc) is 3.31. The first-order valence-corrected chi connectivity index (χ1v) is 12.4. The minimum Gasteiger partial charge on any atom is -0.504 e. The molecule has 4 aromatic rings. The molecular formula is C26H25ClN5O3S+. The van der Waals surface area contributed by atoms with Crippen LogP contribution < -0.4 is 14.7 Å². The van der Waals surface area contributed by atoms with E-state index in [2.05, 4.69) is 20.7 Å². The van der Waals surface area contributed by atoms with Crippen LogP contribution in [0.4, 0.5) is 0 Å². The number of methoxy groups -OCH3 is 1. The van der Waals surface area contributed by atoms with Gasteiger partial charge in [0.25, 0.3) is 11.7 Å². The molecule has 0 bridgehead atoms. The van der Waals surface area contributed by atoms with Crippen LogP contribution in [0.2, 0.25) is 5.02 Å². The first-order valence-electron chi connectivity index (χ1n) is 11.0. The van der Waals surface area contributed by atoms with Crippen LogP contribution in [0.5, 0.6) is 11.5 Å². The largest absolute Gasteiger partial charge is 0.504 e. The van der Waals surface area contributed by atoms with Crippen LogP contribution in [0, 0.1) is 6.92 Å². The van der Waals surface area contributed by atoms with Crippen molar-refractivity contribution in [3.05, 3.63) is 82.9 Å². The molecule has 0 spiro atoms. The second-order valence-electron chi connectivity index (χ2n) is 7.94. The zero-order chi connectivity index (χ0) is 25.7. The Morgan fingerprint density at radius 2 is 1.89 bits per heavy atom. The van der Waals surface area contributed by atoms with Gasteiger partial charge in [0.15, 0.2) is 11.5 Å². The number of phenols is 1. The number of carbonyl (C=O) groups excluding carboxylic acids is 1. The number of hydrogen-bond acceptors (Lipinski definition) is 6. The SMILES string of the molecule is COc1cc(C(C)=NNC(=O)CSc2n[nH]c(-c3ccc(C)cc3)[n+]2-c2ccc(Cl)cc2)ccc1O. The molecule has 0 atom stereocenters. The third-order valence-electron chi connectivity index (χ3n) is 5.36. The second-order valence-corrected chi connectivity index (χ2v) is 9.32. The molecule has 8 nitrogen and oxygen atoms in total. The maximum absolute atomic E-state index is 12.6. The summed E-state index contributed by atoms with van der Waals surface area (Å²) in [7, 11) is 1.47. The van der Waals surface area contributed by atoms with Crippen molar-refractivity contribution >= 4 is 35.0 Å². The van der Waals surface area contributed by atoms with Crippen molar-refractivity contribution in [2.45, 2.75) is 19.0 Å². The molecule has 0 unspecified atom stereocenters. The third-order valence-corrected chi connectivity index (χ3v) is 6.55. The van der Waals surface area contributed by atoms with Crippen molar-refractivity contribution in [2.24, 2.45) is 5.10 Å². The van der Waals surface area contributed by atoms with Crippen molar-refractivity contribution < 1.29 is 19.2 Å². The van der Waals surface area contributed by atoms with Gasteiger partial charge in [0.1, 0.15) is 5.69 Å². The lowest BCUT2D eigenvalue weighted by Gasteiger charge is -2.07. The van der Waals surface area contributed by atoms with Crippen LogP contribution in [0.3, 0.4) is 0 Å². The summed E-state index contributed by atoms with van der Waals surface area (Å²) in [4.78, 5) is 12.6. The van der Waals surface area contributed by atoms with Crippen molar-refractivity contribution in [1.82, 2.24) is 15.6 Å². The van der Waals surface area contributed by atoms with Gasteiger partial charge in [-0.25, -0.2) is 5.43 Å². The number of aromatic amines is 1. The molecule has 1 amide bonds. The van der Waals surface area contributed by atoms with E-state index in [1.807, 2.05) is 60.0 Å². The van der Waals surface area contributed by atoms with Crippen LogP contribution in [0.15, 0.2) is 77.0 Å². The summed E-state index contributed by atoms with van der Waals surface area (Å²) in [5.41, 5.74) is 6.85. The molecule has 0 aliphatic heterocycles. The molecule has 0 aliphatic rings. The number of aromatic nitrogens is 3. The number of aryl methyl sites for hydroxylation is 1. The molecule has 0 saturated carbocycles. The Balaban J connectivity index is 1.51. The molecule has 10 heteroatoms. The maximum atomic E-state index is 12.6. The molecule has 0 saturated heterocycles. The van der Waals surface area contributed by atoms with Crippen molar-refractivity contribution in [3.63, 3.8) is 0 Å². The number of hydrogen-bond donors (Lipinski definition) is 3. The van der Waals surface area contributed by atoms with Gasteiger partial charge < -0.3 is 9.84 Å². The van der Waals surface area contributed by atoms with Crippen molar-refractivity contribution in [1.29, 1.82) is 0 Å². The summed E-state index contributed by atoms with van der Waals surface area (Å²) in [5.74, 6) is 0.968. The molecule has 3 aromatic carbocycles. The highest BCUT2D eigenvalue weighted by Gasteiger charge is 2.24. The first-order chi connectivity index (χ1) is 17.4. The number of amides is 1. The van der Waals surface area contributed by atoms with Gasteiger partial charge >= 0.3 is 5.16 Å². The normalized spacial score (nSPS) is 11.4. The number of nitrogens with zero attached hydrogens (tertiary/aromatic N) is 3. The fourth-order valence-corrected chi connectivity index (χ4v) is 4.29. The van der Waals surface area contributed by atoms with Gasteiger partial charge in [-0.1, -0.05) is 29.3 Å². The average molecular weight is 523 g/mol. The maximum Gasteiger partial charge on any atom is 0.342 e. The van der Waals surface area contributed by atoms with E-state index in [0.717, 1.165) is 22.6 Å². The molecule has 1 heterocycles. The Kier molecular flexibility index (Phi) is 7.92. The molecule has 0 fully saturated rings. The number of halogens is 1. The zero-order valence-corrected chi connectivity index (χ0v) is 21.5. The van der Waals surface area contributed by atoms with E-state index in [9.17, 15) is 9.90 Å². The number of nitrogens with one attached hydrogen (secondary N) is 2. The number of thioether (sulfide) groups is 1. The second kappa shape index (κ2) is 11.3. The molecule has 0 aliphatic carbocycles. The van der Waals surface area contributed by atoms with E-state index >= 15 is 0 Å². The Morgan fingerprint density at radius 3 is 2.58 bits per heavy atom. The predicted molar refractivity (Wildman–Crippen MR) is 141 cm³/mol. The number of hydrazone groups is 1. The highest BCUT2D eigenvalue weighted by atomic mass is 35.5. The van der Waals surface area contributed by atoms with E-state index in [1.165, 1.54) is 24.9 Å². The van der Waals surface area contributed by atoms with E-state index in [1.54, 1.807) is 19.1 Å². The Labute approximate surface area is 218 Å². The lowest BCUT2D eigenvalue weighted by Crippen LogP contribution is -2.34. The molecule has 4 rings (SSSR count). The van der Waals surface area contributed by atoms with Gasteiger partial charge in [0, 0.05) is 10.6 Å². The molecule has 0 radical (unpaired) electrons. The smallest absolute Gasteiger partial charge is 0.342 e. The van der Waals surface area contributed by atoms with E-state index in [4.69, 9.17) is 16.3 Å². The molecule has 3 N–H and O–H groups in total. The number of benzene rings is 3. The van der Waals surface area contributed by atoms with Crippen LogP contribution in [0.25, 0.3) is 17.1 Å². The number of aromatic hydroxyl groups is 1. The van der Waals surface area contributed by atoms with Crippen LogP contribution in [-0.2, 0) is 4.79 Å².